The molecule has 1 fully saturated rings. The summed E-state index contributed by atoms with van der Waals surface area (Å²) in [6.45, 7) is 3.12. The molecule has 5 heteroatoms. The van der Waals surface area contributed by atoms with Crippen LogP contribution in [-0.4, -0.2) is 34.8 Å². The number of anilines is 1. The van der Waals surface area contributed by atoms with Crippen molar-refractivity contribution in [3.8, 4) is 0 Å². The van der Waals surface area contributed by atoms with E-state index in [4.69, 9.17) is 0 Å². The van der Waals surface area contributed by atoms with Crippen molar-refractivity contribution in [3.05, 3.63) is 24.3 Å². The number of piperidine rings is 1. The quantitative estimate of drug-likeness (QED) is 0.940. The Morgan fingerprint density at radius 2 is 2.05 bits per heavy atom. The maximum Gasteiger partial charge on any atom is 0.226 e. The van der Waals surface area contributed by atoms with Crippen LogP contribution in [0.5, 0.6) is 0 Å². The predicted octanol–water partition coefficient (Wildman–Crippen LogP) is 3.11. The Bertz CT molecular complexity index is 590. The average Bonchev–Trinajstić information content (AvgIpc) is 2.90. The lowest BCUT2D eigenvalue weighted by atomic mass is 10.1. The molecule has 0 atom stereocenters. The minimum Gasteiger partial charge on any atom is -0.309 e. The first-order chi connectivity index (χ1) is 9.83. The highest BCUT2D eigenvalue weighted by molar-refractivity contribution is 7.13. The van der Waals surface area contributed by atoms with E-state index in [-0.39, 0.29) is 5.91 Å². The summed E-state index contributed by atoms with van der Waals surface area (Å²) in [6, 6.07) is 7.98. The SMILES string of the molecule is O=C(CCN1CCCCC1)Nc1nsc2ccccc12. The fourth-order valence-electron chi connectivity index (χ4n) is 2.61. The van der Waals surface area contributed by atoms with Crippen molar-refractivity contribution in [1.29, 1.82) is 0 Å². The van der Waals surface area contributed by atoms with Crippen LogP contribution < -0.4 is 5.32 Å². The summed E-state index contributed by atoms with van der Waals surface area (Å²) in [7, 11) is 0. The highest BCUT2D eigenvalue weighted by atomic mass is 32.1. The van der Waals surface area contributed by atoms with E-state index in [1.807, 2.05) is 24.3 Å². The van der Waals surface area contributed by atoms with Gasteiger partial charge in [0.05, 0.1) is 4.70 Å². The van der Waals surface area contributed by atoms with Gasteiger partial charge in [-0.25, -0.2) is 0 Å². The van der Waals surface area contributed by atoms with E-state index in [1.54, 1.807) is 0 Å². The topological polar surface area (TPSA) is 45.2 Å². The monoisotopic (exact) mass is 289 g/mol. The molecular weight excluding hydrogens is 270 g/mol. The van der Waals surface area contributed by atoms with Gasteiger partial charge in [-0.1, -0.05) is 18.6 Å². The van der Waals surface area contributed by atoms with Crippen LogP contribution in [-0.2, 0) is 4.79 Å². The number of likely N-dealkylation sites (tertiary alicyclic amines) is 1. The van der Waals surface area contributed by atoms with Gasteiger partial charge in [-0.3, -0.25) is 4.79 Å². The molecule has 4 nitrogen and oxygen atoms in total. The molecule has 1 aliphatic heterocycles. The Labute approximate surface area is 122 Å². The molecule has 1 amide bonds. The van der Waals surface area contributed by atoms with Crippen LogP contribution in [0.1, 0.15) is 25.7 Å². The standard InChI is InChI=1S/C15H19N3OS/c19-14(8-11-18-9-4-1-5-10-18)16-15-12-6-2-3-7-13(12)20-17-15/h2-3,6-7H,1,4-5,8-11H2,(H,16,17,19). The molecule has 0 bridgehead atoms. The second-order valence-corrected chi connectivity index (χ2v) is 6.03. The van der Waals surface area contributed by atoms with Gasteiger partial charge in [-0.2, -0.15) is 4.37 Å². The molecule has 2 heterocycles. The maximum absolute atomic E-state index is 12.0. The molecule has 20 heavy (non-hydrogen) atoms. The van der Waals surface area contributed by atoms with Crippen LogP contribution in [0.2, 0.25) is 0 Å². The number of nitrogens with zero attached hydrogens (tertiary/aromatic N) is 2. The summed E-state index contributed by atoms with van der Waals surface area (Å²) in [5, 5.41) is 3.97. The Hall–Kier alpha value is -1.46. The Balaban J connectivity index is 1.55. The molecule has 1 aromatic heterocycles. The lowest BCUT2D eigenvalue weighted by Gasteiger charge is -2.25. The lowest BCUT2D eigenvalue weighted by Crippen LogP contribution is -2.32. The number of benzene rings is 1. The number of carbonyl (C=O) groups excluding carboxylic acids is 1. The third-order valence-electron chi connectivity index (χ3n) is 3.74. The summed E-state index contributed by atoms with van der Waals surface area (Å²) >= 11 is 1.43. The maximum atomic E-state index is 12.0. The number of hydrogen-bond acceptors (Lipinski definition) is 4. The molecule has 1 aliphatic rings. The Morgan fingerprint density at radius 3 is 2.90 bits per heavy atom. The molecule has 106 valence electrons. The lowest BCUT2D eigenvalue weighted by molar-refractivity contribution is -0.116. The molecule has 0 aliphatic carbocycles. The average molecular weight is 289 g/mol. The molecule has 1 N–H and O–H groups in total. The number of rotatable bonds is 4. The van der Waals surface area contributed by atoms with Gasteiger partial charge < -0.3 is 10.2 Å². The number of carbonyl (C=O) groups is 1. The number of nitrogens with one attached hydrogen (secondary N) is 1. The Morgan fingerprint density at radius 1 is 1.25 bits per heavy atom. The van der Waals surface area contributed by atoms with Crippen molar-refractivity contribution >= 4 is 33.3 Å². The highest BCUT2D eigenvalue weighted by Gasteiger charge is 2.13. The Kier molecular flexibility index (Phi) is 4.28. The van der Waals surface area contributed by atoms with Gasteiger partial charge in [0.2, 0.25) is 5.91 Å². The van der Waals surface area contributed by atoms with Crippen molar-refractivity contribution in [2.24, 2.45) is 0 Å². The van der Waals surface area contributed by atoms with Crippen molar-refractivity contribution in [2.45, 2.75) is 25.7 Å². The summed E-state index contributed by atoms with van der Waals surface area (Å²) in [4.78, 5) is 14.4. The van der Waals surface area contributed by atoms with Crippen LogP contribution in [0.25, 0.3) is 10.1 Å². The number of hydrogen-bond donors (Lipinski definition) is 1. The van der Waals surface area contributed by atoms with E-state index in [1.165, 1.54) is 30.8 Å². The first-order valence-corrected chi connectivity index (χ1v) is 7.97. The molecular formula is C15H19N3OS. The summed E-state index contributed by atoms with van der Waals surface area (Å²) in [5.41, 5.74) is 0. The van der Waals surface area contributed by atoms with Crippen molar-refractivity contribution in [2.75, 3.05) is 25.0 Å². The van der Waals surface area contributed by atoms with Gasteiger partial charge in [0.15, 0.2) is 5.82 Å². The third-order valence-corrected chi connectivity index (χ3v) is 4.57. The number of amides is 1. The first-order valence-electron chi connectivity index (χ1n) is 7.19. The van der Waals surface area contributed by atoms with E-state index in [2.05, 4.69) is 14.6 Å². The van der Waals surface area contributed by atoms with Crippen LogP contribution in [0.15, 0.2) is 24.3 Å². The largest absolute Gasteiger partial charge is 0.309 e. The minimum atomic E-state index is 0.0617. The third kappa shape index (κ3) is 3.16. The molecule has 0 spiro atoms. The van der Waals surface area contributed by atoms with Gasteiger partial charge in [-0.05, 0) is 49.6 Å². The molecule has 2 aromatic rings. The van der Waals surface area contributed by atoms with E-state index < -0.39 is 0 Å². The van der Waals surface area contributed by atoms with E-state index in [9.17, 15) is 4.79 Å². The summed E-state index contributed by atoms with van der Waals surface area (Å²) in [5.74, 6) is 0.765. The van der Waals surface area contributed by atoms with Crippen molar-refractivity contribution in [1.82, 2.24) is 9.27 Å². The molecule has 0 saturated carbocycles. The van der Waals surface area contributed by atoms with Crippen LogP contribution in [0.3, 0.4) is 0 Å². The zero-order valence-corrected chi connectivity index (χ0v) is 12.3. The highest BCUT2D eigenvalue weighted by Crippen LogP contribution is 2.26. The van der Waals surface area contributed by atoms with Crippen LogP contribution in [0.4, 0.5) is 5.82 Å². The fraction of sp³-hybridized carbons (Fsp3) is 0.467. The van der Waals surface area contributed by atoms with Gasteiger partial charge in [0, 0.05) is 18.4 Å². The molecule has 0 unspecified atom stereocenters. The van der Waals surface area contributed by atoms with E-state index in [0.29, 0.717) is 12.2 Å². The summed E-state index contributed by atoms with van der Waals surface area (Å²) < 4.78 is 5.44. The van der Waals surface area contributed by atoms with Gasteiger partial charge in [-0.15, -0.1) is 0 Å². The van der Waals surface area contributed by atoms with E-state index >= 15 is 0 Å². The molecule has 1 saturated heterocycles. The number of fused-ring (bicyclic) bond motifs is 1. The van der Waals surface area contributed by atoms with Crippen molar-refractivity contribution in [3.63, 3.8) is 0 Å². The minimum absolute atomic E-state index is 0.0617. The van der Waals surface area contributed by atoms with Gasteiger partial charge in [0.25, 0.3) is 0 Å². The summed E-state index contributed by atoms with van der Waals surface area (Å²) in [6.07, 6.45) is 4.40. The fourth-order valence-corrected chi connectivity index (χ4v) is 3.35. The van der Waals surface area contributed by atoms with E-state index in [0.717, 1.165) is 29.7 Å². The van der Waals surface area contributed by atoms with Crippen molar-refractivity contribution < 1.29 is 4.79 Å². The first kappa shape index (κ1) is 13.5. The number of aromatic nitrogens is 1. The molecule has 0 radical (unpaired) electrons. The molecule has 3 rings (SSSR count). The second kappa shape index (κ2) is 6.33. The zero-order valence-electron chi connectivity index (χ0n) is 11.5. The molecule has 1 aromatic carbocycles. The normalized spacial score (nSPS) is 16.4. The van der Waals surface area contributed by atoms with Gasteiger partial charge >= 0.3 is 0 Å². The van der Waals surface area contributed by atoms with Crippen LogP contribution >= 0.6 is 11.5 Å². The zero-order chi connectivity index (χ0) is 13.8. The smallest absolute Gasteiger partial charge is 0.226 e. The van der Waals surface area contributed by atoms with Gasteiger partial charge in [0.1, 0.15) is 0 Å². The van der Waals surface area contributed by atoms with Crippen LogP contribution in [0, 0.1) is 0 Å². The predicted molar refractivity (Wildman–Crippen MR) is 83.2 cm³/mol. The second-order valence-electron chi connectivity index (χ2n) is 5.23.